The highest BCUT2D eigenvalue weighted by Crippen LogP contribution is 2.34. The molecular weight excluding hydrogens is 421 g/mol. The zero-order valence-corrected chi connectivity index (χ0v) is 16.1. The van der Waals surface area contributed by atoms with Crippen molar-refractivity contribution in [1.82, 2.24) is 14.7 Å². The molecule has 0 aliphatic carbocycles. The van der Waals surface area contributed by atoms with Crippen molar-refractivity contribution in [2.75, 3.05) is 25.1 Å². The number of carbonyl (C=O) groups excluding carboxylic acids is 3. The predicted octanol–water partition coefficient (Wildman–Crippen LogP) is 1.72. The quantitative estimate of drug-likeness (QED) is 0.500. The zero-order valence-electron chi connectivity index (χ0n) is 16.1. The maximum Gasteiger partial charge on any atom is 0.434 e. The number of carbonyl (C=O) groups is 3. The SMILES string of the molecule is CCOC(=O)c1cnn(-c2ccc(NC3=CC(=O)N(CCO)C3=O)cc2)c1C(F)(F)F. The van der Waals surface area contributed by atoms with E-state index in [0.717, 1.165) is 17.2 Å². The summed E-state index contributed by atoms with van der Waals surface area (Å²) in [5, 5.41) is 15.3. The highest BCUT2D eigenvalue weighted by atomic mass is 19.4. The van der Waals surface area contributed by atoms with E-state index in [4.69, 9.17) is 5.11 Å². The molecule has 2 heterocycles. The lowest BCUT2D eigenvalue weighted by molar-refractivity contribution is -0.143. The van der Waals surface area contributed by atoms with Gasteiger partial charge in [0.05, 0.1) is 31.6 Å². The molecular formula is C19H17F3N4O5. The van der Waals surface area contributed by atoms with E-state index in [1.54, 1.807) is 0 Å². The van der Waals surface area contributed by atoms with Crippen LogP contribution in [-0.2, 0) is 20.5 Å². The van der Waals surface area contributed by atoms with Crippen molar-refractivity contribution in [3.8, 4) is 5.69 Å². The average molecular weight is 438 g/mol. The zero-order chi connectivity index (χ0) is 22.8. The Morgan fingerprint density at radius 3 is 2.48 bits per heavy atom. The highest BCUT2D eigenvalue weighted by molar-refractivity contribution is 6.17. The number of amides is 2. The number of nitrogens with one attached hydrogen (secondary N) is 1. The molecule has 0 atom stereocenters. The van der Waals surface area contributed by atoms with Crippen LogP contribution in [0.4, 0.5) is 18.9 Å². The fraction of sp³-hybridized carbons (Fsp3) is 0.263. The molecule has 164 valence electrons. The number of halogens is 3. The van der Waals surface area contributed by atoms with Crippen LogP contribution in [0.3, 0.4) is 0 Å². The maximum atomic E-state index is 13.6. The van der Waals surface area contributed by atoms with Gasteiger partial charge in [0.1, 0.15) is 11.3 Å². The van der Waals surface area contributed by atoms with Gasteiger partial charge in [0.15, 0.2) is 5.69 Å². The number of rotatable bonds is 7. The van der Waals surface area contributed by atoms with Gasteiger partial charge in [-0.2, -0.15) is 18.3 Å². The van der Waals surface area contributed by atoms with Crippen molar-refractivity contribution in [2.45, 2.75) is 13.1 Å². The Bertz CT molecular complexity index is 1040. The number of imide groups is 1. The van der Waals surface area contributed by atoms with Gasteiger partial charge in [-0.15, -0.1) is 0 Å². The number of hydrogen-bond acceptors (Lipinski definition) is 7. The Kier molecular flexibility index (Phi) is 6.11. The Morgan fingerprint density at radius 1 is 1.23 bits per heavy atom. The molecule has 0 saturated carbocycles. The fourth-order valence-electron chi connectivity index (χ4n) is 2.93. The summed E-state index contributed by atoms with van der Waals surface area (Å²) in [6.45, 7) is 0.851. The van der Waals surface area contributed by atoms with Gasteiger partial charge < -0.3 is 15.2 Å². The molecule has 12 heteroatoms. The second-order valence-electron chi connectivity index (χ2n) is 6.29. The third-order valence-corrected chi connectivity index (χ3v) is 4.26. The first-order chi connectivity index (χ1) is 14.7. The topological polar surface area (TPSA) is 114 Å². The van der Waals surface area contributed by atoms with E-state index < -0.39 is 35.2 Å². The Balaban J connectivity index is 1.86. The second kappa shape index (κ2) is 8.60. The van der Waals surface area contributed by atoms with Crippen molar-refractivity contribution < 1.29 is 37.4 Å². The molecule has 0 unspecified atom stereocenters. The molecule has 0 bridgehead atoms. The van der Waals surface area contributed by atoms with E-state index in [-0.39, 0.29) is 31.1 Å². The minimum atomic E-state index is -4.87. The third kappa shape index (κ3) is 4.43. The summed E-state index contributed by atoms with van der Waals surface area (Å²) in [5.41, 5.74) is -1.68. The summed E-state index contributed by atoms with van der Waals surface area (Å²) in [5.74, 6) is -2.35. The van der Waals surface area contributed by atoms with E-state index in [9.17, 15) is 27.6 Å². The Labute approximate surface area is 173 Å². The summed E-state index contributed by atoms with van der Waals surface area (Å²) in [4.78, 5) is 36.6. The molecule has 2 N–H and O–H groups in total. The van der Waals surface area contributed by atoms with Crippen LogP contribution < -0.4 is 5.32 Å². The van der Waals surface area contributed by atoms with E-state index in [1.165, 1.54) is 31.2 Å². The number of esters is 1. The van der Waals surface area contributed by atoms with Crippen molar-refractivity contribution in [3.63, 3.8) is 0 Å². The number of β-amino-alcohol motifs (C(OH)–C–C–N with tert-alkyl or cyclic N) is 1. The van der Waals surface area contributed by atoms with Gasteiger partial charge in [-0.25, -0.2) is 9.48 Å². The molecule has 1 aromatic carbocycles. The van der Waals surface area contributed by atoms with E-state index in [0.29, 0.717) is 10.4 Å². The monoisotopic (exact) mass is 438 g/mol. The molecule has 9 nitrogen and oxygen atoms in total. The highest BCUT2D eigenvalue weighted by Gasteiger charge is 2.41. The minimum Gasteiger partial charge on any atom is -0.462 e. The van der Waals surface area contributed by atoms with Gasteiger partial charge in [-0.05, 0) is 31.2 Å². The number of aliphatic hydroxyl groups is 1. The summed E-state index contributed by atoms with van der Waals surface area (Å²) in [6.07, 6.45) is -3.02. The van der Waals surface area contributed by atoms with Crippen molar-refractivity contribution in [3.05, 3.63) is 53.5 Å². The summed E-state index contributed by atoms with van der Waals surface area (Å²) in [7, 11) is 0. The van der Waals surface area contributed by atoms with Crippen LogP contribution in [0, 0.1) is 0 Å². The van der Waals surface area contributed by atoms with Gasteiger partial charge in [0, 0.05) is 11.8 Å². The first-order valence-electron chi connectivity index (χ1n) is 9.05. The number of ether oxygens (including phenoxy) is 1. The summed E-state index contributed by atoms with van der Waals surface area (Å²) >= 11 is 0. The number of aliphatic hydroxyl groups excluding tert-OH is 1. The van der Waals surface area contributed by atoms with Gasteiger partial charge in [0.25, 0.3) is 11.8 Å². The fourth-order valence-corrected chi connectivity index (χ4v) is 2.93. The number of benzene rings is 1. The van der Waals surface area contributed by atoms with Crippen LogP contribution in [0.15, 0.2) is 42.2 Å². The molecule has 2 amide bonds. The van der Waals surface area contributed by atoms with E-state index >= 15 is 0 Å². The van der Waals surface area contributed by atoms with Gasteiger partial charge in [-0.1, -0.05) is 0 Å². The lowest BCUT2D eigenvalue weighted by Gasteiger charge is -2.14. The van der Waals surface area contributed by atoms with E-state index in [2.05, 4.69) is 15.2 Å². The van der Waals surface area contributed by atoms with Crippen LogP contribution in [0.5, 0.6) is 0 Å². The van der Waals surface area contributed by atoms with Crippen molar-refractivity contribution in [2.24, 2.45) is 0 Å². The Morgan fingerprint density at radius 2 is 1.90 bits per heavy atom. The first-order valence-corrected chi connectivity index (χ1v) is 9.05. The number of hydrogen-bond donors (Lipinski definition) is 2. The minimum absolute atomic E-state index is 0.0122. The average Bonchev–Trinajstić information content (AvgIpc) is 3.27. The maximum absolute atomic E-state index is 13.6. The molecule has 1 aliphatic rings. The third-order valence-electron chi connectivity index (χ3n) is 4.26. The van der Waals surface area contributed by atoms with E-state index in [1.807, 2.05) is 0 Å². The number of anilines is 1. The van der Waals surface area contributed by atoms with Crippen LogP contribution >= 0.6 is 0 Å². The van der Waals surface area contributed by atoms with Crippen molar-refractivity contribution >= 4 is 23.5 Å². The molecule has 0 radical (unpaired) electrons. The predicted molar refractivity (Wildman–Crippen MR) is 100 cm³/mol. The van der Waals surface area contributed by atoms with Crippen LogP contribution in [0.1, 0.15) is 23.0 Å². The summed E-state index contributed by atoms with van der Waals surface area (Å²) in [6, 6.07) is 5.36. The van der Waals surface area contributed by atoms with Crippen molar-refractivity contribution in [1.29, 1.82) is 0 Å². The molecule has 0 spiro atoms. The molecule has 31 heavy (non-hydrogen) atoms. The lowest BCUT2D eigenvalue weighted by Crippen LogP contribution is -2.34. The molecule has 0 fully saturated rings. The molecule has 3 rings (SSSR count). The Hall–Kier alpha value is -3.67. The van der Waals surface area contributed by atoms with Gasteiger partial charge in [-0.3, -0.25) is 14.5 Å². The van der Waals surface area contributed by atoms with Crippen LogP contribution in [0.25, 0.3) is 5.69 Å². The number of alkyl halides is 3. The van der Waals surface area contributed by atoms with Gasteiger partial charge in [0.2, 0.25) is 0 Å². The second-order valence-corrected chi connectivity index (χ2v) is 6.29. The molecule has 2 aromatic rings. The number of aromatic nitrogens is 2. The van der Waals surface area contributed by atoms with Crippen LogP contribution in [0.2, 0.25) is 0 Å². The summed E-state index contributed by atoms with van der Waals surface area (Å²) < 4.78 is 46.0. The number of nitrogens with zero attached hydrogens (tertiary/aromatic N) is 3. The largest absolute Gasteiger partial charge is 0.462 e. The smallest absolute Gasteiger partial charge is 0.434 e. The van der Waals surface area contributed by atoms with Gasteiger partial charge >= 0.3 is 12.1 Å². The molecule has 1 aromatic heterocycles. The molecule has 1 aliphatic heterocycles. The standard InChI is InChI=1S/C19H17F3N4O5/c1-2-31-18(30)13-10-23-26(16(13)19(20,21)22)12-5-3-11(4-6-12)24-14-9-15(28)25(7-8-27)17(14)29/h3-6,9-10,24,27H,2,7-8H2,1H3. The molecule has 0 saturated heterocycles. The van der Waals surface area contributed by atoms with Crippen LogP contribution in [-0.4, -0.2) is 57.3 Å². The normalized spacial score (nSPS) is 14.1. The first kappa shape index (κ1) is 22.0. The lowest BCUT2D eigenvalue weighted by atomic mass is 10.2.